The highest BCUT2D eigenvalue weighted by molar-refractivity contribution is 7.17. The standard InChI is InChI=1S/C17H12F2OS/c18-13-5-11(6-14(19)9-13)7-15(20)8-12-10-21-17-4-2-1-3-16(12)17/h1-6,9-10H,7-8H2. The van der Waals surface area contributed by atoms with Gasteiger partial charge in [-0.1, -0.05) is 18.2 Å². The van der Waals surface area contributed by atoms with E-state index in [0.29, 0.717) is 5.56 Å². The molecule has 0 aliphatic heterocycles. The van der Waals surface area contributed by atoms with Gasteiger partial charge in [-0.3, -0.25) is 4.79 Å². The first kappa shape index (κ1) is 13.9. The van der Waals surface area contributed by atoms with Crippen LogP contribution in [0.5, 0.6) is 0 Å². The topological polar surface area (TPSA) is 17.1 Å². The maximum absolute atomic E-state index is 13.1. The lowest BCUT2D eigenvalue weighted by Crippen LogP contribution is -2.06. The molecule has 0 fully saturated rings. The number of rotatable bonds is 4. The summed E-state index contributed by atoms with van der Waals surface area (Å²) in [5.41, 5.74) is 1.34. The van der Waals surface area contributed by atoms with Crippen molar-refractivity contribution < 1.29 is 13.6 Å². The molecular formula is C17H12F2OS. The Morgan fingerprint density at radius 2 is 1.71 bits per heavy atom. The summed E-state index contributed by atoms with van der Waals surface area (Å²) in [6, 6.07) is 11.1. The number of carbonyl (C=O) groups is 1. The second kappa shape index (κ2) is 5.74. The number of carbonyl (C=O) groups excluding carboxylic acids is 1. The monoisotopic (exact) mass is 302 g/mol. The number of benzene rings is 2. The first-order chi connectivity index (χ1) is 10.1. The summed E-state index contributed by atoms with van der Waals surface area (Å²) in [4.78, 5) is 12.1. The minimum absolute atomic E-state index is 0.0405. The number of halogens is 2. The lowest BCUT2D eigenvalue weighted by atomic mass is 10.0. The molecule has 21 heavy (non-hydrogen) atoms. The number of ketones is 1. The molecule has 0 aliphatic carbocycles. The third-order valence-corrected chi connectivity index (χ3v) is 4.28. The number of hydrogen-bond donors (Lipinski definition) is 0. The van der Waals surface area contributed by atoms with Gasteiger partial charge in [-0.25, -0.2) is 8.78 Å². The van der Waals surface area contributed by atoms with Crippen LogP contribution in [0.3, 0.4) is 0 Å². The van der Waals surface area contributed by atoms with E-state index in [4.69, 9.17) is 0 Å². The molecule has 1 aromatic heterocycles. The fourth-order valence-corrected chi connectivity index (χ4v) is 3.35. The van der Waals surface area contributed by atoms with Gasteiger partial charge >= 0.3 is 0 Å². The number of hydrogen-bond acceptors (Lipinski definition) is 2. The van der Waals surface area contributed by atoms with Gasteiger partial charge < -0.3 is 0 Å². The van der Waals surface area contributed by atoms with Gasteiger partial charge in [0.2, 0.25) is 0 Å². The van der Waals surface area contributed by atoms with Crippen molar-refractivity contribution in [2.45, 2.75) is 12.8 Å². The fourth-order valence-electron chi connectivity index (χ4n) is 2.39. The van der Waals surface area contributed by atoms with E-state index in [1.165, 1.54) is 12.1 Å². The average molecular weight is 302 g/mol. The van der Waals surface area contributed by atoms with Gasteiger partial charge in [0.05, 0.1) is 0 Å². The molecule has 0 amide bonds. The van der Waals surface area contributed by atoms with Crippen molar-refractivity contribution >= 4 is 27.2 Å². The minimum Gasteiger partial charge on any atom is -0.299 e. The molecule has 0 saturated carbocycles. The zero-order valence-corrected chi connectivity index (χ0v) is 11.9. The Labute approximate surface area is 124 Å². The highest BCUT2D eigenvalue weighted by Crippen LogP contribution is 2.26. The maximum Gasteiger partial charge on any atom is 0.141 e. The van der Waals surface area contributed by atoms with Crippen molar-refractivity contribution in [3.63, 3.8) is 0 Å². The zero-order chi connectivity index (χ0) is 14.8. The van der Waals surface area contributed by atoms with Gasteiger partial charge in [-0.15, -0.1) is 11.3 Å². The lowest BCUT2D eigenvalue weighted by Gasteiger charge is -2.02. The first-order valence-corrected chi connectivity index (χ1v) is 7.41. The lowest BCUT2D eigenvalue weighted by molar-refractivity contribution is -0.117. The summed E-state index contributed by atoms with van der Waals surface area (Å²) >= 11 is 1.59. The minimum atomic E-state index is -0.654. The van der Waals surface area contributed by atoms with Gasteiger partial charge in [0, 0.05) is 23.6 Å². The van der Waals surface area contributed by atoms with E-state index in [1.54, 1.807) is 11.3 Å². The predicted octanol–water partition coefficient (Wildman–Crippen LogP) is 4.53. The summed E-state index contributed by atoms with van der Waals surface area (Å²) in [6.07, 6.45) is 0.320. The van der Waals surface area contributed by atoms with E-state index in [9.17, 15) is 13.6 Å². The molecule has 0 N–H and O–H groups in total. The third-order valence-electron chi connectivity index (χ3n) is 3.27. The van der Waals surface area contributed by atoms with Gasteiger partial charge in [-0.05, 0) is 40.1 Å². The molecule has 106 valence electrons. The molecule has 0 aliphatic rings. The number of Topliss-reactive ketones (excluding diaryl/α,β-unsaturated/α-hetero) is 1. The van der Waals surface area contributed by atoms with Crippen LogP contribution in [0.25, 0.3) is 10.1 Å². The molecule has 0 radical (unpaired) electrons. The highest BCUT2D eigenvalue weighted by atomic mass is 32.1. The molecule has 0 atom stereocenters. The van der Waals surface area contributed by atoms with E-state index in [2.05, 4.69) is 0 Å². The van der Waals surface area contributed by atoms with Gasteiger partial charge in [-0.2, -0.15) is 0 Å². The Morgan fingerprint density at radius 3 is 2.48 bits per heavy atom. The van der Waals surface area contributed by atoms with Gasteiger partial charge in [0.25, 0.3) is 0 Å². The quantitative estimate of drug-likeness (QED) is 0.692. The number of fused-ring (bicyclic) bond motifs is 1. The van der Waals surface area contributed by atoms with Crippen LogP contribution in [0.15, 0.2) is 47.8 Å². The predicted molar refractivity (Wildman–Crippen MR) is 80.6 cm³/mol. The molecule has 0 saturated heterocycles. The van der Waals surface area contributed by atoms with Crippen LogP contribution in [-0.2, 0) is 17.6 Å². The number of thiophene rings is 1. The molecule has 0 spiro atoms. The van der Waals surface area contributed by atoms with Crippen molar-refractivity contribution in [1.29, 1.82) is 0 Å². The third kappa shape index (κ3) is 3.16. The molecule has 2 aromatic carbocycles. The molecule has 1 heterocycles. The Hall–Kier alpha value is -2.07. The summed E-state index contributed by atoms with van der Waals surface area (Å²) in [5, 5.41) is 3.04. The fraction of sp³-hybridized carbons (Fsp3) is 0.118. The van der Waals surface area contributed by atoms with E-state index in [1.807, 2.05) is 29.6 Å². The molecular weight excluding hydrogens is 290 g/mol. The van der Waals surface area contributed by atoms with E-state index >= 15 is 0 Å². The highest BCUT2D eigenvalue weighted by Gasteiger charge is 2.11. The van der Waals surface area contributed by atoms with Crippen LogP contribution in [-0.4, -0.2) is 5.78 Å². The van der Waals surface area contributed by atoms with Crippen LogP contribution >= 0.6 is 11.3 Å². The molecule has 3 aromatic rings. The Kier molecular flexibility index (Phi) is 3.80. The molecule has 0 bridgehead atoms. The summed E-state index contributed by atoms with van der Waals surface area (Å²) in [6.45, 7) is 0. The Balaban J connectivity index is 1.77. The SMILES string of the molecule is O=C(Cc1cc(F)cc(F)c1)Cc1csc2ccccc12. The second-order valence-corrected chi connectivity index (χ2v) is 5.84. The van der Waals surface area contributed by atoms with E-state index in [0.717, 1.165) is 21.7 Å². The summed E-state index contributed by atoms with van der Waals surface area (Å²) < 4.78 is 27.4. The smallest absolute Gasteiger partial charge is 0.141 e. The molecule has 0 unspecified atom stereocenters. The van der Waals surface area contributed by atoms with E-state index in [-0.39, 0.29) is 18.6 Å². The van der Waals surface area contributed by atoms with Crippen LogP contribution in [0.2, 0.25) is 0 Å². The van der Waals surface area contributed by atoms with Crippen LogP contribution in [0.1, 0.15) is 11.1 Å². The second-order valence-electron chi connectivity index (χ2n) is 4.93. The zero-order valence-electron chi connectivity index (χ0n) is 11.1. The van der Waals surface area contributed by atoms with E-state index < -0.39 is 11.6 Å². The Bertz CT molecular complexity index is 787. The van der Waals surface area contributed by atoms with Crippen LogP contribution in [0, 0.1) is 11.6 Å². The van der Waals surface area contributed by atoms with Crippen LogP contribution < -0.4 is 0 Å². The summed E-state index contributed by atoms with van der Waals surface area (Å²) in [5.74, 6) is -1.36. The van der Waals surface area contributed by atoms with Crippen molar-refractivity contribution in [3.05, 3.63) is 70.6 Å². The normalized spacial score (nSPS) is 11.0. The summed E-state index contributed by atoms with van der Waals surface area (Å²) in [7, 11) is 0. The molecule has 3 rings (SSSR count). The average Bonchev–Trinajstić information content (AvgIpc) is 2.81. The van der Waals surface area contributed by atoms with Crippen molar-refractivity contribution in [1.82, 2.24) is 0 Å². The van der Waals surface area contributed by atoms with Crippen molar-refractivity contribution in [2.75, 3.05) is 0 Å². The Morgan fingerprint density at radius 1 is 1.00 bits per heavy atom. The largest absolute Gasteiger partial charge is 0.299 e. The molecule has 1 nitrogen and oxygen atoms in total. The maximum atomic E-state index is 13.1. The van der Waals surface area contributed by atoms with Gasteiger partial charge in [0.1, 0.15) is 17.4 Å². The van der Waals surface area contributed by atoms with Crippen LogP contribution in [0.4, 0.5) is 8.78 Å². The van der Waals surface area contributed by atoms with Gasteiger partial charge in [0.15, 0.2) is 0 Å². The molecule has 4 heteroatoms. The first-order valence-electron chi connectivity index (χ1n) is 6.53. The van der Waals surface area contributed by atoms with Crippen molar-refractivity contribution in [3.8, 4) is 0 Å². The van der Waals surface area contributed by atoms with Crippen molar-refractivity contribution in [2.24, 2.45) is 0 Å².